The van der Waals surface area contributed by atoms with Crippen LogP contribution in [0, 0.1) is 11.6 Å². The molecular formula is C14H11F2N3. The molecule has 0 aliphatic heterocycles. The van der Waals surface area contributed by atoms with Crippen LogP contribution in [0.4, 0.5) is 14.6 Å². The van der Waals surface area contributed by atoms with E-state index >= 15 is 0 Å². The van der Waals surface area contributed by atoms with Gasteiger partial charge in [0.25, 0.3) is 0 Å². The van der Waals surface area contributed by atoms with Crippen molar-refractivity contribution in [2.24, 2.45) is 0 Å². The monoisotopic (exact) mass is 259 g/mol. The minimum Gasteiger partial charge on any atom is -0.382 e. The van der Waals surface area contributed by atoms with E-state index in [1.165, 1.54) is 22.9 Å². The number of hydrogen-bond donors (Lipinski definition) is 1. The zero-order valence-corrected chi connectivity index (χ0v) is 9.98. The number of hydrogen-bond acceptors (Lipinski definition) is 2. The van der Waals surface area contributed by atoms with Gasteiger partial charge in [-0.05, 0) is 24.3 Å². The van der Waals surface area contributed by atoms with Gasteiger partial charge >= 0.3 is 0 Å². The van der Waals surface area contributed by atoms with Crippen molar-refractivity contribution in [2.45, 2.75) is 6.54 Å². The Balaban J connectivity index is 2.11. The third-order valence-electron chi connectivity index (χ3n) is 3.06. The van der Waals surface area contributed by atoms with Gasteiger partial charge in [0, 0.05) is 10.9 Å². The van der Waals surface area contributed by atoms with Crippen molar-refractivity contribution >= 4 is 16.7 Å². The SMILES string of the molecule is Nc1nn(Cc2c(F)cccc2F)c2ccccc12. The van der Waals surface area contributed by atoms with Gasteiger partial charge in [-0.25, -0.2) is 8.78 Å². The topological polar surface area (TPSA) is 43.8 Å². The van der Waals surface area contributed by atoms with Gasteiger partial charge in [-0.15, -0.1) is 0 Å². The van der Waals surface area contributed by atoms with Crippen LogP contribution in [-0.2, 0) is 6.54 Å². The van der Waals surface area contributed by atoms with E-state index in [0.717, 1.165) is 10.9 Å². The lowest BCUT2D eigenvalue weighted by molar-refractivity contribution is 0.537. The molecule has 19 heavy (non-hydrogen) atoms. The highest BCUT2D eigenvalue weighted by molar-refractivity contribution is 5.89. The molecule has 3 nitrogen and oxygen atoms in total. The molecule has 0 bridgehead atoms. The standard InChI is InChI=1S/C14H11F2N3/c15-11-5-3-6-12(16)10(11)8-19-13-7-2-1-4-9(13)14(17)18-19/h1-7H,8H2,(H2,17,18). The van der Waals surface area contributed by atoms with Crippen LogP contribution in [0.25, 0.3) is 10.9 Å². The van der Waals surface area contributed by atoms with Crippen LogP contribution in [0.1, 0.15) is 5.56 Å². The fourth-order valence-electron chi connectivity index (χ4n) is 2.11. The van der Waals surface area contributed by atoms with Gasteiger partial charge in [-0.3, -0.25) is 4.68 Å². The predicted octanol–water partition coefficient (Wildman–Crippen LogP) is 2.95. The molecule has 1 heterocycles. The highest BCUT2D eigenvalue weighted by Gasteiger charge is 2.13. The van der Waals surface area contributed by atoms with Gasteiger partial charge in [-0.2, -0.15) is 5.10 Å². The van der Waals surface area contributed by atoms with Gasteiger partial charge in [0.15, 0.2) is 5.82 Å². The number of benzene rings is 2. The fraction of sp³-hybridized carbons (Fsp3) is 0.0714. The van der Waals surface area contributed by atoms with Crippen molar-refractivity contribution in [3.8, 4) is 0 Å². The van der Waals surface area contributed by atoms with E-state index in [4.69, 9.17) is 5.73 Å². The third kappa shape index (κ3) is 1.93. The van der Waals surface area contributed by atoms with Gasteiger partial charge in [0.1, 0.15) is 11.6 Å². The number of rotatable bonds is 2. The second kappa shape index (κ2) is 4.35. The molecule has 0 amide bonds. The molecule has 0 saturated heterocycles. The summed E-state index contributed by atoms with van der Waals surface area (Å²) in [4.78, 5) is 0. The third-order valence-corrected chi connectivity index (χ3v) is 3.06. The zero-order valence-electron chi connectivity index (χ0n) is 9.98. The largest absolute Gasteiger partial charge is 0.382 e. The van der Waals surface area contributed by atoms with Crippen LogP contribution in [0.3, 0.4) is 0 Å². The summed E-state index contributed by atoms with van der Waals surface area (Å²) in [6.45, 7) is 0.0101. The van der Waals surface area contributed by atoms with E-state index in [1.54, 1.807) is 0 Å². The number of anilines is 1. The molecule has 0 aliphatic rings. The summed E-state index contributed by atoms with van der Waals surface area (Å²) in [6.07, 6.45) is 0. The maximum atomic E-state index is 13.6. The van der Waals surface area contributed by atoms with Crippen LogP contribution >= 0.6 is 0 Å². The molecule has 5 heteroatoms. The van der Waals surface area contributed by atoms with E-state index in [2.05, 4.69) is 5.10 Å². The molecule has 96 valence electrons. The van der Waals surface area contributed by atoms with Crippen molar-refractivity contribution in [3.05, 3.63) is 59.7 Å². The summed E-state index contributed by atoms with van der Waals surface area (Å²) in [5.74, 6) is -0.816. The molecule has 2 N–H and O–H groups in total. The molecule has 0 aliphatic carbocycles. The molecule has 0 radical (unpaired) electrons. The van der Waals surface area contributed by atoms with E-state index in [-0.39, 0.29) is 12.1 Å². The van der Waals surface area contributed by atoms with Gasteiger partial charge in [0.05, 0.1) is 12.1 Å². The molecule has 3 aromatic rings. The zero-order chi connectivity index (χ0) is 13.4. The highest BCUT2D eigenvalue weighted by atomic mass is 19.1. The van der Waals surface area contributed by atoms with E-state index in [0.29, 0.717) is 5.82 Å². The summed E-state index contributed by atoms with van der Waals surface area (Å²) in [7, 11) is 0. The average Bonchev–Trinajstić information content (AvgIpc) is 2.72. The molecule has 1 aromatic heterocycles. The molecule has 3 rings (SSSR count). The normalized spacial score (nSPS) is 11.1. The van der Waals surface area contributed by atoms with Crippen LogP contribution in [0.2, 0.25) is 0 Å². The van der Waals surface area contributed by atoms with Gasteiger partial charge in [-0.1, -0.05) is 18.2 Å². The number of para-hydroxylation sites is 1. The minimum atomic E-state index is -0.585. The predicted molar refractivity (Wildman–Crippen MR) is 69.6 cm³/mol. The number of nitrogen functional groups attached to an aromatic ring is 1. The molecule has 0 fully saturated rings. The van der Waals surface area contributed by atoms with Crippen molar-refractivity contribution in [2.75, 3.05) is 5.73 Å². The Labute approximate surface area is 108 Å². The second-order valence-electron chi connectivity index (χ2n) is 4.26. The van der Waals surface area contributed by atoms with E-state index in [1.807, 2.05) is 24.3 Å². The smallest absolute Gasteiger partial charge is 0.153 e. The van der Waals surface area contributed by atoms with E-state index < -0.39 is 11.6 Å². The lowest BCUT2D eigenvalue weighted by Crippen LogP contribution is -2.06. The first-order valence-electron chi connectivity index (χ1n) is 5.81. The molecule has 2 aromatic carbocycles. The van der Waals surface area contributed by atoms with E-state index in [9.17, 15) is 8.78 Å². The number of halogens is 2. The molecule has 0 spiro atoms. The van der Waals surface area contributed by atoms with Crippen LogP contribution < -0.4 is 5.73 Å². The molecule has 0 unspecified atom stereocenters. The minimum absolute atomic E-state index is 0.0101. The van der Waals surface area contributed by atoms with Crippen LogP contribution in [0.15, 0.2) is 42.5 Å². The Morgan fingerprint density at radius 1 is 1.00 bits per heavy atom. The summed E-state index contributed by atoms with van der Waals surface area (Å²) in [5, 5.41) is 4.91. The van der Waals surface area contributed by atoms with Crippen LogP contribution in [-0.4, -0.2) is 9.78 Å². The number of nitrogens with zero attached hydrogens (tertiary/aromatic N) is 2. The lowest BCUT2D eigenvalue weighted by Gasteiger charge is -2.06. The Bertz CT molecular complexity index is 729. The second-order valence-corrected chi connectivity index (χ2v) is 4.26. The summed E-state index contributed by atoms with van der Waals surface area (Å²) >= 11 is 0. The van der Waals surface area contributed by atoms with Crippen molar-refractivity contribution in [3.63, 3.8) is 0 Å². The van der Waals surface area contributed by atoms with Gasteiger partial charge < -0.3 is 5.73 Å². The first-order valence-corrected chi connectivity index (χ1v) is 5.81. The maximum Gasteiger partial charge on any atom is 0.153 e. The summed E-state index contributed by atoms with van der Waals surface area (Å²) in [5.41, 5.74) is 6.52. The van der Waals surface area contributed by atoms with Crippen molar-refractivity contribution in [1.82, 2.24) is 9.78 Å². The Kier molecular flexibility index (Phi) is 2.67. The number of aromatic nitrogens is 2. The summed E-state index contributed by atoms with van der Waals surface area (Å²) in [6, 6.07) is 11.1. The molecule has 0 atom stereocenters. The van der Waals surface area contributed by atoms with Crippen LogP contribution in [0.5, 0.6) is 0 Å². The Morgan fingerprint density at radius 2 is 1.68 bits per heavy atom. The Hall–Kier alpha value is -2.43. The first kappa shape index (κ1) is 11.6. The van der Waals surface area contributed by atoms with Crippen molar-refractivity contribution < 1.29 is 8.78 Å². The summed E-state index contributed by atoms with van der Waals surface area (Å²) < 4.78 is 28.8. The maximum absolute atomic E-state index is 13.6. The fourth-order valence-corrected chi connectivity index (χ4v) is 2.11. The van der Waals surface area contributed by atoms with Gasteiger partial charge in [0.2, 0.25) is 0 Å². The number of fused-ring (bicyclic) bond motifs is 1. The average molecular weight is 259 g/mol. The Morgan fingerprint density at radius 3 is 2.42 bits per heavy atom. The molecule has 0 saturated carbocycles. The molecular weight excluding hydrogens is 248 g/mol. The first-order chi connectivity index (χ1) is 9.16. The highest BCUT2D eigenvalue weighted by Crippen LogP contribution is 2.22. The quantitative estimate of drug-likeness (QED) is 0.769. The van der Waals surface area contributed by atoms with Crippen molar-refractivity contribution in [1.29, 1.82) is 0 Å². The lowest BCUT2D eigenvalue weighted by atomic mass is 10.2. The number of nitrogens with two attached hydrogens (primary N) is 1.